The van der Waals surface area contributed by atoms with Gasteiger partial charge >= 0.3 is 0 Å². The lowest BCUT2D eigenvalue weighted by Gasteiger charge is -2.32. The Balaban J connectivity index is 2.12. The van der Waals surface area contributed by atoms with Crippen LogP contribution in [0.5, 0.6) is 0 Å². The third-order valence-electron chi connectivity index (χ3n) is 3.85. The molecule has 3 rings (SSSR count). The summed E-state index contributed by atoms with van der Waals surface area (Å²) >= 11 is 18.7. The van der Waals surface area contributed by atoms with Crippen molar-refractivity contribution in [1.29, 1.82) is 0 Å². The summed E-state index contributed by atoms with van der Waals surface area (Å²) in [6, 6.07) is 4.96. The number of nitrogens with zero attached hydrogens (tertiary/aromatic N) is 2. The third kappa shape index (κ3) is 3.77. The minimum Gasteiger partial charge on any atom is -0.378 e. The lowest BCUT2D eigenvalue weighted by atomic mass is 10.0. The first kappa shape index (κ1) is 18.1. The van der Waals surface area contributed by atoms with Crippen LogP contribution < -0.4 is 11.2 Å². The van der Waals surface area contributed by atoms with Crippen LogP contribution in [-0.4, -0.2) is 42.3 Å². The van der Waals surface area contributed by atoms with Crippen molar-refractivity contribution in [2.24, 2.45) is 10.8 Å². The number of hydrazone groups is 1. The second-order valence-corrected chi connectivity index (χ2v) is 6.57. The second kappa shape index (κ2) is 7.66. The highest BCUT2D eigenvalue weighted by molar-refractivity contribution is 6.69. The zero-order chi connectivity index (χ0) is 18.0. The van der Waals surface area contributed by atoms with Crippen molar-refractivity contribution in [1.82, 2.24) is 10.3 Å². The Morgan fingerprint density at radius 3 is 2.44 bits per heavy atom. The molecule has 1 aromatic rings. The summed E-state index contributed by atoms with van der Waals surface area (Å²) in [6.07, 6.45) is 1.72. The van der Waals surface area contributed by atoms with Crippen LogP contribution in [-0.2, 0) is 9.53 Å². The zero-order valence-electron chi connectivity index (χ0n) is 13.1. The van der Waals surface area contributed by atoms with Crippen LogP contribution in [0.1, 0.15) is 5.56 Å². The molecule has 0 aliphatic carbocycles. The normalized spacial score (nSPS) is 19.7. The van der Waals surface area contributed by atoms with Gasteiger partial charge in [0.15, 0.2) is 5.17 Å². The second-order valence-electron chi connectivity index (χ2n) is 5.39. The first-order chi connectivity index (χ1) is 12.0. The molecule has 1 saturated heterocycles. The molecular formula is C16H15Cl3N4O2. The lowest BCUT2D eigenvalue weighted by molar-refractivity contribution is -0.112. The van der Waals surface area contributed by atoms with E-state index in [0.717, 1.165) is 0 Å². The van der Waals surface area contributed by atoms with Gasteiger partial charge in [-0.2, -0.15) is 5.10 Å². The molecule has 2 heterocycles. The van der Waals surface area contributed by atoms with Crippen molar-refractivity contribution in [3.8, 4) is 0 Å². The lowest BCUT2D eigenvalue weighted by Crippen LogP contribution is -2.39. The fraction of sp³-hybridized carbons (Fsp3) is 0.250. The van der Waals surface area contributed by atoms with Gasteiger partial charge in [0.2, 0.25) is 0 Å². The number of rotatable bonds is 3. The van der Waals surface area contributed by atoms with E-state index in [2.05, 4.69) is 10.5 Å². The molecule has 0 atom stereocenters. The van der Waals surface area contributed by atoms with Crippen molar-refractivity contribution in [3.05, 3.63) is 51.3 Å². The molecule has 0 saturated carbocycles. The summed E-state index contributed by atoms with van der Waals surface area (Å²) in [5.41, 5.74) is 9.92. The maximum Gasteiger partial charge on any atom is 0.251 e. The summed E-state index contributed by atoms with van der Waals surface area (Å²) in [5, 5.41) is 5.01. The van der Waals surface area contributed by atoms with E-state index in [1.165, 1.54) is 0 Å². The molecule has 6 nitrogen and oxygen atoms in total. The molecule has 0 aromatic heterocycles. The van der Waals surface area contributed by atoms with Crippen LogP contribution in [0.25, 0.3) is 5.57 Å². The number of hydrogen-bond donors (Lipinski definition) is 2. The average Bonchev–Trinajstić information content (AvgIpc) is 2.59. The van der Waals surface area contributed by atoms with E-state index < -0.39 is 5.91 Å². The number of ether oxygens (including phenoxy) is 1. The highest BCUT2D eigenvalue weighted by atomic mass is 35.5. The van der Waals surface area contributed by atoms with E-state index in [1.54, 1.807) is 24.3 Å². The number of nitrogens with one attached hydrogen (secondary N) is 1. The van der Waals surface area contributed by atoms with Gasteiger partial charge in [-0.15, -0.1) is 0 Å². The Morgan fingerprint density at radius 1 is 1.20 bits per heavy atom. The van der Waals surface area contributed by atoms with Gasteiger partial charge in [0.1, 0.15) is 0 Å². The summed E-state index contributed by atoms with van der Waals surface area (Å²) in [6.45, 7) is 2.52. The van der Waals surface area contributed by atoms with Crippen molar-refractivity contribution in [3.63, 3.8) is 0 Å². The molecule has 0 unspecified atom stereocenters. The van der Waals surface area contributed by atoms with E-state index in [4.69, 9.17) is 45.3 Å². The van der Waals surface area contributed by atoms with Crippen molar-refractivity contribution in [2.75, 3.05) is 26.3 Å². The molecule has 0 spiro atoms. The van der Waals surface area contributed by atoms with E-state index in [-0.39, 0.29) is 5.57 Å². The van der Waals surface area contributed by atoms with Crippen LogP contribution in [0, 0.1) is 0 Å². The minimum absolute atomic E-state index is 0.147. The van der Waals surface area contributed by atoms with Gasteiger partial charge in [0.25, 0.3) is 5.91 Å². The molecule has 0 bridgehead atoms. The van der Waals surface area contributed by atoms with E-state index in [0.29, 0.717) is 58.5 Å². The number of primary amides is 1. The number of benzene rings is 1. The number of nitrogens with two attached hydrogens (primary N) is 1. The van der Waals surface area contributed by atoms with Gasteiger partial charge in [-0.3, -0.25) is 10.2 Å². The quantitative estimate of drug-likeness (QED) is 0.763. The van der Waals surface area contributed by atoms with E-state index >= 15 is 0 Å². The molecule has 25 heavy (non-hydrogen) atoms. The van der Waals surface area contributed by atoms with Gasteiger partial charge < -0.3 is 15.4 Å². The molecular weight excluding hydrogens is 387 g/mol. The predicted molar refractivity (Wildman–Crippen MR) is 99.5 cm³/mol. The smallest absolute Gasteiger partial charge is 0.251 e. The highest BCUT2D eigenvalue weighted by Crippen LogP contribution is 2.33. The van der Waals surface area contributed by atoms with Crippen LogP contribution >= 0.6 is 34.8 Å². The van der Waals surface area contributed by atoms with Gasteiger partial charge in [0.05, 0.1) is 40.2 Å². The molecule has 132 valence electrons. The fourth-order valence-electron chi connectivity index (χ4n) is 2.68. The molecule has 0 radical (unpaired) electrons. The number of halogens is 3. The van der Waals surface area contributed by atoms with Crippen LogP contribution in [0.15, 0.2) is 40.8 Å². The predicted octanol–water partition coefficient (Wildman–Crippen LogP) is 2.56. The monoisotopic (exact) mass is 400 g/mol. The maximum absolute atomic E-state index is 12.1. The van der Waals surface area contributed by atoms with E-state index in [1.807, 2.05) is 4.90 Å². The number of allylic oxidation sites excluding steroid dienone is 2. The Labute approximate surface area is 159 Å². The molecule has 9 heteroatoms. The topological polar surface area (TPSA) is 80.0 Å². The Morgan fingerprint density at radius 2 is 1.84 bits per heavy atom. The average molecular weight is 402 g/mol. The molecule has 1 aromatic carbocycles. The Hall–Kier alpha value is -1.73. The summed E-state index contributed by atoms with van der Waals surface area (Å²) in [4.78, 5) is 14.2. The Kier molecular flexibility index (Phi) is 5.54. The first-order valence-corrected chi connectivity index (χ1v) is 8.65. The summed E-state index contributed by atoms with van der Waals surface area (Å²) in [5.74, 6) is -0.678. The number of hydrogen-bond acceptors (Lipinski definition) is 5. The number of carbonyl (C=O) groups is 1. The fourth-order valence-corrected chi connectivity index (χ4v) is 3.48. The standard InChI is InChI=1S/C16H15Cl3N4O2/c17-9-2-1-3-10(18)13(9)14(16(20)24)11-8-12(15(19)22-21-11)23-4-6-25-7-5-23/h1-3,8,21H,4-7H2,(H2,20,24)/b14-11-. The zero-order valence-corrected chi connectivity index (χ0v) is 15.3. The Bertz CT molecular complexity index is 778. The third-order valence-corrected chi connectivity index (χ3v) is 4.76. The van der Waals surface area contributed by atoms with Gasteiger partial charge in [-0.05, 0) is 18.2 Å². The van der Waals surface area contributed by atoms with Crippen molar-refractivity contribution < 1.29 is 9.53 Å². The number of morpholine rings is 1. The number of carbonyl (C=O) groups excluding carboxylic acids is 1. The number of amides is 1. The van der Waals surface area contributed by atoms with Crippen molar-refractivity contribution in [2.45, 2.75) is 0 Å². The van der Waals surface area contributed by atoms with Gasteiger partial charge in [-0.25, -0.2) is 0 Å². The maximum atomic E-state index is 12.1. The molecule has 2 aliphatic heterocycles. The van der Waals surface area contributed by atoms with Gasteiger partial charge in [-0.1, -0.05) is 40.9 Å². The summed E-state index contributed by atoms with van der Waals surface area (Å²) < 4.78 is 5.35. The largest absolute Gasteiger partial charge is 0.378 e. The van der Waals surface area contributed by atoms with Gasteiger partial charge in [0, 0.05) is 18.7 Å². The molecule has 2 aliphatic rings. The summed E-state index contributed by atoms with van der Waals surface area (Å²) in [7, 11) is 0. The minimum atomic E-state index is -0.678. The van der Waals surface area contributed by atoms with Crippen LogP contribution in [0.2, 0.25) is 10.0 Å². The van der Waals surface area contributed by atoms with Crippen molar-refractivity contribution >= 4 is 51.5 Å². The van der Waals surface area contributed by atoms with E-state index in [9.17, 15) is 4.79 Å². The SMILES string of the molecule is NC(=O)/C(=C1/C=C(N2CCOCC2)C(Cl)=NN1)c1c(Cl)cccc1Cl. The first-order valence-electron chi connectivity index (χ1n) is 7.51. The highest BCUT2D eigenvalue weighted by Gasteiger charge is 2.25. The molecule has 1 fully saturated rings. The van der Waals surface area contributed by atoms with Crippen LogP contribution in [0.4, 0.5) is 0 Å². The van der Waals surface area contributed by atoms with Crippen LogP contribution in [0.3, 0.4) is 0 Å². The molecule has 3 N–H and O–H groups in total. The molecule has 1 amide bonds.